The Labute approximate surface area is 177 Å². The number of allylic oxidation sites excluding steroid dienone is 1. The van der Waals surface area contributed by atoms with Crippen LogP contribution in [0.1, 0.15) is 55.7 Å². The summed E-state index contributed by atoms with van der Waals surface area (Å²) in [6.45, 7) is 10.5. The van der Waals surface area contributed by atoms with E-state index in [0.717, 1.165) is 35.5 Å². The second-order valence-corrected chi connectivity index (χ2v) is 8.60. The van der Waals surface area contributed by atoms with Crippen LogP contribution < -0.4 is 10.1 Å². The molecule has 0 radical (unpaired) electrons. The van der Waals surface area contributed by atoms with Crippen molar-refractivity contribution in [2.24, 2.45) is 0 Å². The topological polar surface area (TPSA) is 69.0 Å². The van der Waals surface area contributed by atoms with E-state index in [4.69, 9.17) is 4.74 Å². The van der Waals surface area contributed by atoms with Crippen molar-refractivity contribution in [2.75, 3.05) is 5.75 Å². The molecule has 1 atom stereocenters. The summed E-state index contributed by atoms with van der Waals surface area (Å²) in [6, 6.07) is 6.47. The lowest BCUT2D eigenvalue weighted by molar-refractivity contribution is -0.119. The Morgan fingerprint density at radius 1 is 1.31 bits per heavy atom. The highest BCUT2D eigenvalue weighted by molar-refractivity contribution is 7.99. The normalized spacial score (nSPS) is 15.3. The van der Waals surface area contributed by atoms with Crippen LogP contribution in [0.15, 0.2) is 36.0 Å². The molecule has 1 unspecified atom stereocenters. The van der Waals surface area contributed by atoms with Crippen LogP contribution in [0.25, 0.3) is 0 Å². The first-order chi connectivity index (χ1) is 14.0. The maximum Gasteiger partial charge on any atom is 0.230 e. The molecule has 1 aliphatic rings. The molecule has 1 aromatic carbocycles. The van der Waals surface area contributed by atoms with E-state index in [1.165, 1.54) is 24.6 Å². The number of nitrogens with zero attached hydrogens (tertiary/aromatic N) is 3. The molecule has 156 valence electrons. The van der Waals surface area contributed by atoms with E-state index < -0.39 is 0 Å². The minimum absolute atomic E-state index is 0.0520. The zero-order valence-corrected chi connectivity index (χ0v) is 18.3. The van der Waals surface area contributed by atoms with Crippen molar-refractivity contribution >= 4 is 17.7 Å². The van der Waals surface area contributed by atoms with Crippen LogP contribution in [-0.2, 0) is 11.3 Å². The average Bonchev–Trinajstić information content (AvgIpc) is 3.29. The van der Waals surface area contributed by atoms with Crippen LogP contribution in [-0.4, -0.2) is 32.5 Å². The molecule has 1 N–H and O–H groups in total. The first kappa shape index (κ1) is 21.4. The largest absolute Gasteiger partial charge is 0.483 e. The summed E-state index contributed by atoms with van der Waals surface area (Å²) in [4.78, 5) is 12.3. The van der Waals surface area contributed by atoms with Crippen LogP contribution in [0.2, 0.25) is 0 Å². The van der Waals surface area contributed by atoms with Gasteiger partial charge in [-0.15, -0.1) is 16.8 Å². The number of carbonyl (C=O) groups excluding carboxylic acids is 1. The molecule has 1 aromatic heterocycles. The number of thioether (sulfide) groups is 1. The molecule has 3 rings (SSSR count). The molecule has 2 aromatic rings. The number of nitrogens with one attached hydrogen (secondary N) is 1. The number of rotatable bonds is 9. The average molecular weight is 415 g/mol. The lowest BCUT2D eigenvalue weighted by Gasteiger charge is -2.16. The van der Waals surface area contributed by atoms with Gasteiger partial charge in [0.15, 0.2) is 17.1 Å². The lowest BCUT2D eigenvalue weighted by atomic mass is 10.1. The van der Waals surface area contributed by atoms with E-state index in [9.17, 15) is 4.79 Å². The van der Waals surface area contributed by atoms with Gasteiger partial charge < -0.3 is 10.1 Å². The maximum atomic E-state index is 12.3. The monoisotopic (exact) mass is 414 g/mol. The summed E-state index contributed by atoms with van der Waals surface area (Å²) in [6.07, 6.45) is 6.10. The quantitative estimate of drug-likeness (QED) is 0.487. The van der Waals surface area contributed by atoms with Gasteiger partial charge in [-0.25, -0.2) is 0 Å². The van der Waals surface area contributed by atoms with Gasteiger partial charge in [0.25, 0.3) is 0 Å². The van der Waals surface area contributed by atoms with Crippen molar-refractivity contribution in [3.63, 3.8) is 0 Å². The zero-order valence-electron chi connectivity index (χ0n) is 17.5. The van der Waals surface area contributed by atoms with E-state index in [-0.39, 0.29) is 12.0 Å². The third kappa shape index (κ3) is 5.85. The molecule has 1 amide bonds. The lowest BCUT2D eigenvalue weighted by Crippen LogP contribution is -2.33. The fraction of sp³-hybridized carbons (Fsp3) is 0.500. The second-order valence-electron chi connectivity index (χ2n) is 7.66. The predicted molar refractivity (Wildman–Crippen MR) is 116 cm³/mol. The molecule has 1 saturated carbocycles. The first-order valence-electron chi connectivity index (χ1n) is 10.2. The van der Waals surface area contributed by atoms with Crippen molar-refractivity contribution in [1.29, 1.82) is 0 Å². The van der Waals surface area contributed by atoms with Crippen molar-refractivity contribution in [3.05, 3.63) is 47.8 Å². The number of aromatic nitrogens is 3. The minimum Gasteiger partial charge on any atom is -0.483 e. The van der Waals surface area contributed by atoms with Crippen molar-refractivity contribution in [3.8, 4) is 5.75 Å². The third-order valence-corrected chi connectivity index (χ3v) is 5.95. The Kier molecular flexibility index (Phi) is 7.36. The number of hydrogen-bond acceptors (Lipinski definition) is 5. The first-order valence-corrected chi connectivity index (χ1v) is 11.2. The van der Waals surface area contributed by atoms with Crippen LogP contribution in [0.3, 0.4) is 0 Å². The molecule has 0 spiro atoms. The highest BCUT2D eigenvalue weighted by Crippen LogP contribution is 2.26. The molecule has 0 bridgehead atoms. The minimum atomic E-state index is -0.273. The van der Waals surface area contributed by atoms with Gasteiger partial charge in [-0.1, -0.05) is 36.7 Å². The van der Waals surface area contributed by atoms with Gasteiger partial charge >= 0.3 is 0 Å². The molecule has 29 heavy (non-hydrogen) atoms. The van der Waals surface area contributed by atoms with E-state index in [0.29, 0.717) is 23.5 Å². The molecular weight excluding hydrogens is 384 g/mol. The number of carbonyl (C=O) groups is 1. The van der Waals surface area contributed by atoms with Gasteiger partial charge in [-0.05, 0) is 56.9 Å². The van der Waals surface area contributed by atoms with Crippen molar-refractivity contribution in [1.82, 2.24) is 20.1 Å². The molecule has 1 aliphatic carbocycles. The Morgan fingerprint density at radius 3 is 2.66 bits per heavy atom. The molecule has 7 heteroatoms. The van der Waals surface area contributed by atoms with Gasteiger partial charge in [0.05, 0.1) is 5.75 Å². The summed E-state index contributed by atoms with van der Waals surface area (Å²) < 4.78 is 8.10. The fourth-order valence-electron chi connectivity index (χ4n) is 3.74. The highest BCUT2D eigenvalue weighted by Gasteiger charge is 2.21. The number of ether oxygens (including phenoxy) is 1. The summed E-state index contributed by atoms with van der Waals surface area (Å²) in [5.41, 5.74) is 2.31. The standard InChI is InChI=1S/C22H30N4O2S/c1-5-10-26-21(17(4)28-19-12-15(2)11-16(3)13-19)24-25-22(26)29-14-20(27)23-18-8-6-7-9-18/h5,11-13,17-18H,1,6-10,14H2,2-4H3,(H,23,27). The van der Waals surface area contributed by atoms with E-state index in [1.807, 2.05) is 23.6 Å². The molecule has 0 aliphatic heterocycles. The van der Waals surface area contributed by atoms with Crippen molar-refractivity contribution in [2.45, 2.75) is 70.3 Å². The number of amides is 1. The summed E-state index contributed by atoms with van der Waals surface area (Å²) in [5.74, 6) is 1.92. The Morgan fingerprint density at radius 2 is 2.00 bits per heavy atom. The SMILES string of the molecule is C=CCn1c(SCC(=O)NC2CCCC2)nnc1C(C)Oc1cc(C)cc(C)c1. The van der Waals surface area contributed by atoms with Gasteiger partial charge in [-0.2, -0.15) is 0 Å². The maximum absolute atomic E-state index is 12.3. The van der Waals surface area contributed by atoms with Gasteiger partial charge in [-0.3, -0.25) is 9.36 Å². The van der Waals surface area contributed by atoms with Crippen LogP contribution >= 0.6 is 11.8 Å². The van der Waals surface area contributed by atoms with Crippen LogP contribution in [0, 0.1) is 13.8 Å². The number of hydrogen-bond donors (Lipinski definition) is 1. The van der Waals surface area contributed by atoms with Gasteiger partial charge in [0, 0.05) is 12.6 Å². The van der Waals surface area contributed by atoms with Crippen molar-refractivity contribution < 1.29 is 9.53 Å². The number of benzene rings is 1. The van der Waals surface area contributed by atoms with Crippen LogP contribution in [0.4, 0.5) is 0 Å². The Bertz CT molecular complexity index is 838. The summed E-state index contributed by atoms with van der Waals surface area (Å²) in [7, 11) is 0. The molecule has 1 fully saturated rings. The number of aryl methyl sites for hydroxylation is 2. The highest BCUT2D eigenvalue weighted by atomic mass is 32.2. The zero-order chi connectivity index (χ0) is 20.8. The molecule has 6 nitrogen and oxygen atoms in total. The third-order valence-electron chi connectivity index (χ3n) is 4.98. The van der Waals surface area contributed by atoms with E-state index in [2.05, 4.69) is 42.0 Å². The van der Waals surface area contributed by atoms with Gasteiger partial charge in [0.1, 0.15) is 5.75 Å². The van der Waals surface area contributed by atoms with Gasteiger partial charge in [0.2, 0.25) is 5.91 Å². The molecule has 0 saturated heterocycles. The van der Waals surface area contributed by atoms with E-state index >= 15 is 0 Å². The summed E-state index contributed by atoms with van der Waals surface area (Å²) >= 11 is 1.40. The predicted octanol–water partition coefficient (Wildman–Crippen LogP) is 4.37. The Hall–Kier alpha value is -2.28. The summed E-state index contributed by atoms with van der Waals surface area (Å²) in [5, 5.41) is 12.5. The Balaban J connectivity index is 1.66. The smallest absolute Gasteiger partial charge is 0.230 e. The fourth-order valence-corrected chi connectivity index (χ4v) is 4.50. The molecule has 1 heterocycles. The van der Waals surface area contributed by atoms with Crippen LogP contribution in [0.5, 0.6) is 5.75 Å². The molecular formula is C22H30N4O2S. The second kappa shape index (κ2) is 9.96. The van der Waals surface area contributed by atoms with E-state index in [1.54, 1.807) is 6.08 Å².